The zero-order chi connectivity index (χ0) is 17.3. The number of fused-ring (bicyclic) bond motifs is 1. The van der Waals surface area contributed by atoms with Gasteiger partial charge in [0.25, 0.3) is 5.91 Å². The van der Waals surface area contributed by atoms with Crippen LogP contribution in [-0.2, 0) is 6.42 Å². The van der Waals surface area contributed by atoms with E-state index in [4.69, 9.17) is 11.6 Å². The highest BCUT2D eigenvalue weighted by molar-refractivity contribution is 6.34. The number of hydrogen-bond donors (Lipinski definition) is 1. The SMILES string of the molecule is CCc1cc(NC(=O)c2cnn3cccnc23)c(Cl)cc1C(C)=O. The Morgan fingerprint density at radius 1 is 1.29 bits per heavy atom. The first kappa shape index (κ1) is 16.1. The number of nitrogens with zero attached hydrogens (tertiary/aromatic N) is 3. The van der Waals surface area contributed by atoms with Crippen LogP contribution >= 0.6 is 11.6 Å². The molecule has 6 nitrogen and oxygen atoms in total. The second-order valence-electron chi connectivity index (χ2n) is 5.30. The zero-order valence-corrected chi connectivity index (χ0v) is 14.0. The Morgan fingerprint density at radius 3 is 2.79 bits per heavy atom. The number of benzene rings is 1. The molecule has 3 aromatic rings. The minimum absolute atomic E-state index is 0.0570. The van der Waals surface area contributed by atoms with Gasteiger partial charge in [0, 0.05) is 18.0 Å². The lowest BCUT2D eigenvalue weighted by Crippen LogP contribution is -2.13. The Morgan fingerprint density at radius 2 is 2.08 bits per heavy atom. The molecule has 122 valence electrons. The minimum Gasteiger partial charge on any atom is -0.320 e. The van der Waals surface area contributed by atoms with E-state index in [1.807, 2.05) is 6.92 Å². The van der Waals surface area contributed by atoms with Crippen molar-refractivity contribution >= 4 is 34.6 Å². The van der Waals surface area contributed by atoms with Gasteiger partial charge in [0.05, 0.1) is 16.9 Å². The summed E-state index contributed by atoms with van der Waals surface area (Å²) in [7, 11) is 0. The molecular formula is C17H15ClN4O2. The third-order valence-electron chi connectivity index (χ3n) is 3.73. The molecule has 0 aliphatic rings. The van der Waals surface area contributed by atoms with Gasteiger partial charge in [-0.05, 0) is 37.1 Å². The van der Waals surface area contributed by atoms with Crippen LogP contribution in [-0.4, -0.2) is 26.3 Å². The van der Waals surface area contributed by atoms with Crippen LogP contribution in [0.15, 0.2) is 36.8 Å². The van der Waals surface area contributed by atoms with Crippen LogP contribution in [0.1, 0.15) is 40.1 Å². The van der Waals surface area contributed by atoms with Crippen molar-refractivity contribution in [1.29, 1.82) is 0 Å². The van der Waals surface area contributed by atoms with Gasteiger partial charge in [-0.15, -0.1) is 0 Å². The summed E-state index contributed by atoms with van der Waals surface area (Å²) in [5, 5.41) is 7.18. The van der Waals surface area contributed by atoms with Crippen LogP contribution < -0.4 is 5.32 Å². The van der Waals surface area contributed by atoms with Crippen molar-refractivity contribution in [2.24, 2.45) is 0 Å². The number of amides is 1. The number of carbonyl (C=O) groups is 2. The monoisotopic (exact) mass is 342 g/mol. The molecule has 0 unspecified atom stereocenters. The number of anilines is 1. The molecule has 1 amide bonds. The first-order valence-electron chi connectivity index (χ1n) is 7.44. The summed E-state index contributed by atoms with van der Waals surface area (Å²) in [4.78, 5) is 28.4. The van der Waals surface area contributed by atoms with E-state index in [-0.39, 0.29) is 11.7 Å². The molecule has 0 radical (unpaired) electrons. The van der Waals surface area contributed by atoms with Gasteiger partial charge in [-0.2, -0.15) is 5.10 Å². The van der Waals surface area contributed by atoms with E-state index in [1.54, 1.807) is 30.6 Å². The van der Waals surface area contributed by atoms with Gasteiger partial charge in [-0.3, -0.25) is 9.59 Å². The summed E-state index contributed by atoms with van der Waals surface area (Å²) < 4.78 is 1.52. The quantitative estimate of drug-likeness (QED) is 0.737. The van der Waals surface area contributed by atoms with E-state index in [0.717, 1.165) is 5.56 Å². The molecule has 0 aliphatic heterocycles. The maximum atomic E-state index is 12.5. The van der Waals surface area contributed by atoms with E-state index >= 15 is 0 Å². The summed E-state index contributed by atoms with van der Waals surface area (Å²) in [5.74, 6) is -0.415. The average molecular weight is 343 g/mol. The third kappa shape index (κ3) is 2.88. The average Bonchev–Trinajstić information content (AvgIpc) is 3.00. The number of carbonyl (C=O) groups excluding carboxylic acids is 2. The fourth-order valence-electron chi connectivity index (χ4n) is 2.51. The number of nitrogens with one attached hydrogen (secondary N) is 1. The van der Waals surface area contributed by atoms with Gasteiger partial charge in [-0.1, -0.05) is 18.5 Å². The van der Waals surface area contributed by atoms with Gasteiger partial charge >= 0.3 is 0 Å². The van der Waals surface area contributed by atoms with E-state index in [0.29, 0.717) is 33.9 Å². The van der Waals surface area contributed by atoms with Crippen LogP contribution in [0.2, 0.25) is 5.02 Å². The molecule has 1 aromatic carbocycles. The van der Waals surface area contributed by atoms with Gasteiger partial charge < -0.3 is 5.32 Å². The van der Waals surface area contributed by atoms with E-state index < -0.39 is 0 Å². The molecule has 0 bridgehead atoms. The molecule has 0 saturated heterocycles. The Labute approximate surface area is 143 Å². The van der Waals surface area contributed by atoms with Crippen LogP contribution in [0.3, 0.4) is 0 Å². The number of ketones is 1. The molecule has 3 rings (SSSR count). The van der Waals surface area contributed by atoms with Gasteiger partial charge in [0.2, 0.25) is 0 Å². The molecule has 0 fully saturated rings. The predicted octanol–water partition coefficient (Wildman–Crippen LogP) is 3.40. The number of aryl methyl sites for hydroxylation is 1. The number of Topliss-reactive ketones (excluding diaryl/α,β-unsaturated/α-hetero) is 1. The van der Waals surface area contributed by atoms with Gasteiger partial charge in [-0.25, -0.2) is 9.50 Å². The highest BCUT2D eigenvalue weighted by Crippen LogP contribution is 2.28. The smallest absolute Gasteiger partial charge is 0.261 e. The van der Waals surface area contributed by atoms with Crippen molar-refractivity contribution in [3.63, 3.8) is 0 Å². The second-order valence-corrected chi connectivity index (χ2v) is 5.71. The topological polar surface area (TPSA) is 76.4 Å². The molecule has 24 heavy (non-hydrogen) atoms. The summed E-state index contributed by atoms with van der Waals surface area (Å²) in [6, 6.07) is 5.05. The van der Waals surface area contributed by atoms with E-state index in [9.17, 15) is 9.59 Å². The predicted molar refractivity (Wildman–Crippen MR) is 91.8 cm³/mol. The standard InChI is InChI=1S/C17H15ClN4O2/c1-3-11-7-15(14(18)8-12(11)10(2)23)21-17(24)13-9-20-22-6-4-5-19-16(13)22/h4-9H,3H2,1-2H3,(H,21,24). The molecule has 0 spiro atoms. The van der Waals surface area contributed by atoms with Crippen LogP contribution in [0.4, 0.5) is 5.69 Å². The summed E-state index contributed by atoms with van der Waals surface area (Å²) >= 11 is 6.22. The van der Waals surface area contributed by atoms with Crippen LogP contribution in [0.25, 0.3) is 5.65 Å². The highest BCUT2D eigenvalue weighted by Gasteiger charge is 2.17. The van der Waals surface area contributed by atoms with Crippen molar-refractivity contribution in [3.8, 4) is 0 Å². The molecule has 1 N–H and O–H groups in total. The van der Waals surface area contributed by atoms with Crippen LogP contribution in [0, 0.1) is 0 Å². The Bertz CT molecular complexity index is 949. The van der Waals surface area contributed by atoms with Crippen LogP contribution in [0.5, 0.6) is 0 Å². The lowest BCUT2D eigenvalue weighted by atomic mass is 10.0. The number of rotatable bonds is 4. The lowest BCUT2D eigenvalue weighted by Gasteiger charge is -2.11. The molecular weight excluding hydrogens is 328 g/mol. The maximum absolute atomic E-state index is 12.5. The summed E-state index contributed by atoms with van der Waals surface area (Å²) in [6.07, 6.45) is 5.42. The van der Waals surface area contributed by atoms with Crippen molar-refractivity contribution in [2.45, 2.75) is 20.3 Å². The molecule has 2 heterocycles. The Kier molecular flexibility index (Phi) is 4.31. The van der Waals surface area contributed by atoms with E-state index in [2.05, 4.69) is 15.4 Å². The molecule has 7 heteroatoms. The van der Waals surface area contributed by atoms with Crippen molar-refractivity contribution in [3.05, 3.63) is 58.5 Å². The third-order valence-corrected chi connectivity index (χ3v) is 4.04. The van der Waals surface area contributed by atoms with Crippen molar-refractivity contribution in [1.82, 2.24) is 14.6 Å². The Balaban J connectivity index is 1.96. The summed E-state index contributed by atoms with van der Waals surface area (Å²) in [6.45, 7) is 3.43. The fraction of sp³-hybridized carbons (Fsp3) is 0.176. The summed E-state index contributed by atoms with van der Waals surface area (Å²) in [5.41, 5.74) is 2.67. The molecule has 2 aromatic heterocycles. The molecule has 0 atom stereocenters. The van der Waals surface area contributed by atoms with Gasteiger partial charge in [0.15, 0.2) is 11.4 Å². The lowest BCUT2D eigenvalue weighted by molar-refractivity contribution is 0.101. The van der Waals surface area contributed by atoms with Crippen molar-refractivity contribution < 1.29 is 9.59 Å². The minimum atomic E-state index is -0.358. The zero-order valence-electron chi connectivity index (χ0n) is 13.2. The largest absolute Gasteiger partial charge is 0.320 e. The molecule has 0 aliphatic carbocycles. The van der Waals surface area contributed by atoms with E-state index in [1.165, 1.54) is 17.6 Å². The van der Waals surface area contributed by atoms with Crippen molar-refractivity contribution in [2.75, 3.05) is 5.32 Å². The molecule has 0 saturated carbocycles. The fourth-order valence-corrected chi connectivity index (χ4v) is 2.72. The Hall–Kier alpha value is -2.73. The normalized spacial score (nSPS) is 10.8. The number of hydrogen-bond acceptors (Lipinski definition) is 4. The highest BCUT2D eigenvalue weighted by atomic mass is 35.5. The first-order chi connectivity index (χ1) is 11.5. The first-order valence-corrected chi connectivity index (χ1v) is 7.82. The second kappa shape index (κ2) is 6.41. The maximum Gasteiger partial charge on any atom is 0.261 e. The van der Waals surface area contributed by atoms with Gasteiger partial charge in [0.1, 0.15) is 5.56 Å². The number of aromatic nitrogens is 3. The number of halogens is 1.